The zero-order valence-electron chi connectivity index (χ0n) is 10.3. The molecule has 0 bridgehead atoms. The molecule has 88 valence electrons. The molecule has 1 heterocycles. The molecule has 17 heavy (non-hydrogen) atoms. The van der Waals surface area contributed by atoms with Gasteiger partial charge in [0.1, 0.15) is 17.5 Å². The number of para-hydroxylation sites is 1. The van der Waals surface area contributed by atoms with E-state index in [1.165, 1.54) is 0 Å². The number of hydrogen-bond acceptors (Lipinski definition) is 4. The highest BCUT2D eigenvalue weighted by Gasteiger charge is 2.07. The highest BCUT2D eigenvalue weighted by atomic mass is 15.1. The van der Waals surface area contributed by atoms with E-state index in [4.69, 9.17) is 0 Å². The molecule has 0 saturated carbocycles. The molecule has 0 aliphatic carbocycles. The van der Waals surface area contributed by atoms with Crippen molar-refractivity contribution in [2.45, 2.75) is 13.8 Å². The molecule has 0 saturated heterocycles. The number of aromatic nitrogens is 2. The fourth-order valence-electron chi connectivity index (χ4n) is 1.65. The summed E-state index contributed by atoms with van der Waals surface area (Å²) in [6.07, 6.45) is 0. The highest BCUT2D eigenvalue weighted by Crippen LogP contribution is 2.22. The lowest BCUT2D eigenvalue weighted by Gasteiger charge is -2.12. The lowest BCUT2D eigenvalue weighted by molar-refractivity contribution is 1.04. The maximum absolute atomic E-state index is 4.41. The van der Waals surface area contributed by atoms with Crippen molar-refractivity contribution in [2.24, 2.45) is 0 Å². The van der Waals surface area contributed by atoms with E-state index in [9.17, 15) is 0 Å². The third kappa shape index (κ3) is 2.53. The molecule has 0 unspecified atom stereocenters. The summed E-state index contributed by atoms with van der Waals surface area (Å²) in [5.74, 6) is 2.45. The molecule has 0 amide bonds. The van der Waals surface area contributed by atoms with Crippen molar-refractivity contribution in [3.63, 3.8) is 0 Å². The topological polar surface area (TPSA) is 49.8 Å². The van der Waals surface area contributed by atoms with Crippen molar-refractivity contribution < 1.29 is 0 Å². The van der Waals surface area contributed by atoms with E-state index in [1.807, 2.05) is 51.2 Å². The molecule has 0 fully saturated rings. The van der Waals surface area contributed by atoms with Crippen molar-refractivity contribution >= 4 is 17.3 Å². The standard InChI is InChI=1S/C13H16N4/c1-9-12(14-3)15-10(2)16-13(9)17-11-7-5-4-6-8-11/h4-8H,1-3H3,(H2,14,15,16,17). The van der Waals surface area contributed by atoms with Crippen LogP contribution in [-0.2, 0) is 0 Å². The van der Waals surface area contributed by atoms with Crippen LogP contribution in [0.3, 0.4) is 0 Å². The molecule has 0 radical (unpaired) electrons. The van der Waals surface area contributed by atoms with Gasteiger partial charge in [0.15, 0.2) is 0 Å². The zero-order chi connectivity index (χ0) is 12.3. The lowest BCUT2D eigenvalue weighted by Crippen LogP contribution is -2.05. The number of nitrogens with zero attached hydrogens (tertiary/aromatic N) is 2. The maximum atomic E-state index is 4.41. The minimum Gasteiger partial charge on any atom is -0.373 e. The van der Waals surface area contributed by atoms with Gasteiger partial charge in [-0.1, -0.05) is 18.2 Å². The molecular formula is C13H16N4. The van der Waals surface area contributed by atoms with Crippen molar-refractivity contribution in [1.82, 2.24) is 9.97 Å². The highest BCUT2D eigenvalue weighted by molar-refractivity contribution is 5.64. The van der Waals surface area contributed by atoms with E-state index in [1.54, 1.807) is 0 Å². The second-order valence-electron chi connectivity index (χ2n) is 3.83. The first-order valence-corrected chi connectivity index (χ1v) is 5.56. The predicted octanol–water partition coefficient (Wildman–Crippen LogP) is 2.88. The van der Waals surface area contributed by atoms with Gasteiger partial charge in [0.25, 0.3) is 0 Å². The van der Waals surface area contributed by atoms with Gasteiger partial charge in [-0.05, 0) is 26.0 Å². The van der Waals surface area contributed by atoms with Crippen LogP contribution in [0.2, 0.25) is 0 Å². The monoisotopic (exact) mass is 228 g/mol. The predicted molar refractivity (Wildman–Crippen MR) is 70.8 cm³/mol. The Hall–Kier alpha value is -2.10. The van der Waals surface area contributed by atoms with Crippen LogP contribution in [-0.4, -0.2) is 17.0 Å². The number of hydrogen-bond donors (Lipinski definition) is 2. The van der Waals surface area contributed by atoms with E-state index in [0.29, 0.717) is 0 Å². The number of benzene rings is 1. The SMILES string of the molecule is CNc1nc(C)nc(Nc2ccccc2)c1C. The van der Waals surface area contributed by atoms with Crippen molar-refractivity contribution in [2.75, 3.05) is 17.7 Å². The minimum atomic E-state index is 0.749. The number of nitrogens with one attached hydrogen (secondary N) is 2. The Morgan fingerprint density at radius 1 is 0.941 bits per heavy atom. The molecule has 0 aliphatic rings. The summed E-state index contributed by atoms with van der Waals surface area (Å²) >= 11 is 0. The van der Waals surface area contributed by atoms with Gasteiger partial charge in [-0.25, -0.2) is 9.97 Å². The Balaban J connectivity index is 2.36. The quantitative estimate of drug-likeness (QED) is 0.848. The fourth-order valence-corrected chi connectivity index (χ4v) is 1.65. The zero-order valence-corrected chi connectivity index (χ0v) is 10.3. The first-order valence-electron chi connectivity index (χ1n) is 5.56. The summed E-state index contributed by atoms with van der Waals surface area (Å²) in [4.78, 5) is 8.75. The van der Waals surface area contributed by atoms with E-state index in [0.717, 1.165) is 28.7 Å². The normalized spacial score (nSPS) is 10.1. The van der Waals surface area contributed by atoms with Gasteiger partial charge >= 0.3 is 0 Å². The molecule has 1 aromatic heterocycles. The summed E-state index contributed by atoms with van der Waals surface area (Å²) in [7, 11) is 1.86. The maximum Gasteiger partial charge on any atom is 0.139 e. The molecule has 1 aromatic carbocycles. The molecular weight excluding hydrogens is 212 g/mol. The largest absolute Gasteiger partial charge is 0.373 e. The van der Waals surface area contributed by atoms with Crippen LogP contribution in [0.1, 0.15) is 11.4 Å². The Morgan fingerprint density at radius 2 is 1.59 bits per heavy atom. The third-order valence-electron chi connectivity index (χ3n) is 2.53. The number of anilines is 3. The summed E-state index contributed by atoms with van der Waals surface area (Å²) in [6, 6.07) is 9.99. The molecule has 2 aromatic rings. The fraction of sp³-hybridized carbons (Fsp3) is 0.231. The van der Waals surface area contributed by atoms with Crippen LogP contribution in [0.15, 0.2) is 30.3 Å². The smallest absolute Gasteiger partial charge is 0.139 e. The van der Waals surface area contributed by atoms with Crippen LogP contribution in [0.4, 0.5) is 17.3 Å². The van der Waals surface area contributed by atoms with E-state index in [2.05, 4.69) is 20.6 Å². The molecule has 0 aliphatic heterocycles. The van der Waals surface area contributed by atoms with Crippen LogP contribution in [0, 0.1) is 13.8 Å². The Bertz CT molecular complexity index is 508. The Labute approximate surface area is 101 Å². The van der Waals surface area contributed by atoms with Crippen LogP contribution in [0.25, 0.3) is 0 Å². The van der Waals surface area contributed by atoms with Crippen LogP contribution < -0.4 is 10.6 Å². The average Bonchev–Trinajstić information content (AvgIpc) is 2.34. The van der Waals surface area contributed by atoms with Gasteiger partial charge in [0, 0.05) is 18.3 Å². The minimum absolute atomic E-state index is 0.749. The molecule has 0 spiro atoms. The van der Waals surface area contributed by atoms with Crippen molar-refractivity contribution in [3.8, 4) is 0 Å². The molecule has 2 N–H and O–H groups in total. The molecule has 4 heteroatoms. The van der Waals surface area contributed by atoms with Gasteiger partial charge in [-0.2, -0.15) is 0 Å². The van der Waals surface area contributed by atoms with Gasteiger partial charge < -0.3 is 10.6 Å². The first kappa shape index (κ1) is 11.4. The molecule has 2 rings (SSSR count). The first-order chi connectivity index (χ1) is 8.20. The Kier molecular flexibility index (Phi) is 3.23. The second-order valence-corrected chi connectivity index (χ2v) is 3.83. The molecule has 0 atom stereocenters. The van der Waals surface area contributed by atoms with Gasteiger partial charge in [0.05, 0.1) is 0 Å². The summed E-state index contributed by atoms with van der Waals surface area (Å²) in [5, 5.41) is 6.37. The van der Waals surface area contributed by atoms with Crippen LogP contribution in [0.5, 0.6) is 0 Å². The van der Waals surface area contributed by atoms with E-state index >= 15 is 0 Å². The second kappa shape index (κ2) is 4.82. The molecule has 4 nitrogen and oxygen atoms in total. The Morgan fingerprint density at radius 3 is 2.24 bits per heavy atom. The van der Waals surface area contributed by atoms with E-state index < -0.39 is 0 Å². The lowest BCUT2D eigenvalue weighted by atomic mass is 10.2. The summed E-state index contributed by atoms with van der Waals surface area (Å²) in [5.41, 5.74) is 2.04. The van der Waals surface area contributed by atoms with Crippen LogP contribution >= 0.6 is 0 Å². The van der Waals surface area contributed by atoms with Crippen molar-refractivity contribution in [1.29, 1.82) is 0 Å². The van der Waals surface area contributed by atoms with Gasteiger partial charge in [-0.15, -0.1) is 0 Å². The average molecular weight is 228 g/mol. The number of rotatable bonds is 3. The van der Waals surface area contributed by atoms with Crippen molar-refractivity contribution in [3.05, 3.63) is 41.7 Å². The summed E-state index contributed by atoms with van der Waals surface area (Å²) < 4.78 is 0. The summed E-state index contributed by atoms with van der Waals surface area (Å²) in [6.45, 7) is 3.88. The van der Waals surface area contributed by atoms with Gasteiger partial charge in [-0.3, -0.25) is 0 Å². The number of aryl methyl sites for hydroxylation is 1. The van der Waals surface area contributed by atoms with Gasteiger partial charge in [0.2, 0.25) is 0 Å². The third-order valence-corrected chi connectivity index (χ3v) is 2.53. The van der Waals surface area contributed by atoms with E-state index in [-0.39, 0.29) is 0 Å².